The number of aromatic nitrogens is 3. The summed E-state index contributed by atoms with van der Waals surface area (Å²) in [6.07, 6.45) is 2.11. The van der Waals surface area contributed by atoms with E-state index in [1.807, 2.05) is 30.3 Å². The van der Waals surface area contributed by atoms with Crippen molar-refractivity contribution in [3.63, 3.8) is 0 Å². The predicted molar refractivity (Wildman–Crippen MR) is 93.7 cm³/mol. The number of carbonyl (C=O) groups is 1. The number of primary amides is 1. The Balaban J connectivity index is 1.84. The molecule has 0 bridgehead atoms. The van der Waals surface area contributed by atoms with Crippen LogP contribution in [0.15, 0.2) is 30.3 Å². The minimum Gasteiger partial charge on any atom is -0.369 e. The Morgan fingerprint density at radius 1 is 1.28 bits per heavy atom. The smallest absolute Gasteiger partial charge is 0.225 e. The summed E-state index contributed by atoms with van der Waals surface area (Å²) in [7, 11) is -3.05. The van der Waals surface area contributed by atoms with Gasteiger partial charge in [-0.15, -0.1) is 0 Å². The van der Waals surface area contributed by atoms with E-state index in [1.165, 1.54) is 0 Å². The van der Waals surface area contributed by atoms with Gasteiger partial charge in [0, 0.05) is 12.5 Å². The van der Waals surface area contributed by atoms with E-state index in [4.69, 9.17) is 5.73 Å². The van der Waals surface area contributed by atoms with Gasteiger partial charge in [-0.3, -0.25) is 4.79 Å². The largest absolute Gasteiger partial charge is 0.369 e. The molecule has 1 aliphatic heterocycles. The fraction of sp³-hybridized carbons (Fsp3) is 0.471. The standard InChI is InChI=1S/C17H22N4O3S/c18-15(22)11-16-19-17(14-7-4-10-25(23,24)12-14)21(20-16)9-8-13-5-2-1-3-6-13/h1-3,5-6,14H,4,7-12H2,(H2,18,22)/t14-/m0/s1. The maximum absolute atomic E-state index is 12.0. The molecule has 0 unspecified atom stereocenters. The first kappa shape index (κ1) is 17.6. The van der Waals surface area contributed by atoms with Gasteiger partial charge in [-0.2, -0.15) is 5.10 Å². The van der Waals surface area contributed by atoms with Gasteiger partial charge in [0.25, 0.3) is 0 Å². The number of amides is 1. The normalized spacial score (nSPS) is 19.6. The lowest BCUT2D eigenvalue weighted by Gasteiger charge is -2.21. The molecule has 1 aliphatic rings. The van der Waals surface area contributed by atoms with Crippen LogP contribution in [0.4, 0.5) is 0 Å². The maximum Gasteiger partial charge on any atom is 0.225 e. The Morgan fingerprint density at radius 2 is 2.04 bits per heavy atom. The molecule has 25 heavy (non-hydrogen) atoms. The molecule has 0 saturated carbocycles. The van der Waals surface area contributed by atoms with Gasteiger partial charge < -0.3 is 5.73 Å². The van der Waals surface area contributed by atoms with Crippen molar-refractivity contribution in [2.45, 2.75) is 38.1 Å². The second-order valence-electron chi connectivity index (χ2n) is 6.44. The second-order valence-corrected chi connectivity index (χ2v) is 8.67. The monoisotopic (exact) mass is 362 g/mol. The van der Waals surface area contributed by atoms with Crippen LogP contribution < -0.4 is 5.73 Å². The summed E-state index contributed by atoms with van der Waals surface area (Å²) in [4.78, 5) is 15.6. The van der Waals surface area contributed by atoms with Gasteiger partial charge in [-0.05, 0) is 24.8 Å². The lowest BCUT2D eigenvalue weighted by atomic mass is 10.0. The molecule has 134 valence electrons. The number of carbonyl (C=O) groups excluding carboxylic acids is 1. The molecule has 1 amide bonds. The minimum absolute atomic E-state index is 0.0369. The summed E-state index contributed by atoms with van der Waals surface area (Å²) in [5.74, 6) is 0.656. The quantitative estimate of drug-likeness (QED) is 0.819. The Kier molecular flexibility index (Phi) is 5.17. The number of nitrogens with two attached hydrogens (primary N) is 1. The first-order chi connectivity index (χ1) is 11.9. The van der Waals surface area contributed by atoms with Crippen LogP contribution in [0, 0.1) is 0 Å². The van der Waals surface area contributed by atoms with Crippen LogP contribution in [0.2, 0.25) is 0 Å². The Labute approximate surface area is 147 Å². The Bertz CT molecular complexity index is 846. The van der Waals surface area contributed by atoms with E-state index in [0.717, 1.165) is 18.4 Å². The van der Waals surface area contributed by atoms with Crippen LogP contribution >= 0.6 is 0 Å². The average molecular weight is 362 g/mol. The van der Waals surface area contributed by atoms with Crippen LogP contribution in [0.1, 0.15) is 36.0 Å². The third-order valence-electron chi connectivity index (χ3n) is 4.36. The molecule has 2 heterocycles. The second kappa shape index (κ2) is 7.35. The summed E-state index contributed by atoms with van der Waals surface area (Å²) >= 11 is 0. The van der Waals surface area contributed by atoms with E-state index >= 15 is 0 Å². The minimum atomic E-state index is -3.05. The van der Waals surface area contributed by atoms with E-state index in [9.17, 15) is 13.2 Å². The van der Waals surface area contributed by atoms with E-state index in [0.29, 0.717) is 24.6 Å². The topological polar surface area (TPSA) is 108 Å². The SMILES string of the molecule is NC(=O)Cc1nc([C@H]2CCCS(=O)(=O)C2)n(CCc2ccccc2)n1. The fourth-order valence-corrected chi connectivity index (χ4v) is 4.91. The van der Waals surface area contributed by atoms with Crippen molar-refractivity contribution in [2.24, 2.45) is 5.73 Å². The van der Waals surface area contributed by atoms with E-state index in [-0.39, 0.29) is 23.8 Å². The predicted octanol–water partition coefficient (Wildman–Crippen LogP) is 0.841. The Hall–Kier alpha value is -2.22. The molecule has 0 spiro atoms. The van der Waals surface area contributed by atoms with Gasteiger partial charge in [-0.1, -0.05) is 30.3 Å². The summed E-state index contributed by atoms with van der Waals surface area (Å²) in [6, 6.07) is 9.98. The summed E-state index contributed by atoms with van der Waals surface area (Å²) in [5.41, 5.74) is 6.41. The summed E-state index contributed by atoms with van der Waals surface area (Å²) < 4.78 is 25.7. The molecule has 8 heteroatoms. The fourth-order valence-electron chi connectivity index (χ4n) is 3.21. The van der Waals surface area contributed by atoms with Crippen molar-refractivity contribution in [2.75, 3.05) is 11.5 Å². The van der Waals surface area contributed by atoms with Crippen molar-refractivity contribution >= 4 is 15.7 Å². The highest BCUT2D eigenvalue weighted by Crippen LogP contribution is 2.27. The van der Waals surface area contributed by atoms with Gasteiger partial charge in [0.1, 0.15) is 5.82 Å². The molecular formula is C17H22N4O3S. The molecule has 7 nitrogen and oxygen atoms in total. The highest BCUT2D eigenvalue weighted by atomic mass is 32.2. The zero-order valence-electron chi connectivity index (χ0n) is 14.0. The molecular weight excluding hydrogens is 340 g/mol. The first-order valence-electron chi connectivity index (χ1n) is 8.39. The van der Waals surface area contributed by atoms with Gasteiger partial charge >= 0.3 is 0 Å². The molecule has 2 aromatic rings. The average Bonchev–Trinajstić information content (AvgIpc) is 2.95. The van der Waals surface area contributed by atoms with Crippen LogP contribution in [0.5, 0.6) is 0 Å². The van der Waals surface area contributed by atoms with E-state index < -0.39 is 15.7 Å². The van der Waals surface area contributed by atoms with E-state index in [1.54, 1.807) is 4.68 Å². The molecule has 3 rings (SSSR count). The van der Waals surface area contributed by atoms with Crippen molar-refractivity contribution in [3.05, 3.63) is 47.5 Å². The van der Waals surface area contributed by atoms with Crippen LogP contribution in [-0.2, 0) is 34.0 Å². The number of sulfone groups is 1. The van der Waals surface area contributed by atoms with Crippen molar-refractivity contribution in [3.8, 4) is 0 Å². The lowest BCUT2D eigenvalue weighted by Crippen LogP contribution is -2.26. The lowest BCUT2D eigenvalue weighted by molar-refractivity contribution is -0.117. The molecule has 0 radical (unpaired) electrons. The van der Waals surface area contributed by atoms with Crippen molar-refractivity contribution in [1.29, 1.82) is 0 Å². The summed E-state index contributed by atoms with van der Waals surface area (Å²) in [6.45, 7) is 0.585. The third-order valence-corrected chi connectivity index (χ3v) is 6.18. The zero-order valence-corrected chi connectivity index (χ0v) is 14.8. The van der Waals surface area contributed by atoms with Crippen LogP contribution in [-0.4, -0.2) is 40.6 Å². The molecule has 1 fully saturated rings. The number of nitrogens with zero attached hydrogens (tertiary/aromatic N) is 3. The number of hydrogen-bond acceptors (Lipinski definition) is 5. The highest BCUT2D eigenvalue weighted by molar-refractivity contribution is 7.91. The molecule has 1 aromatic carbocycles. The van der Waals surface area contributed by atoms with Gasteiger partial charge in [0.05, 0.1) is 17.9 Å². The van der Waals surface area contributed by atoms with Gasteiger partial charge in [0.15, 0.2) is 15.7 Å². The third kappa shape index (κ3) is 4.66. The number of hydrogen-bond donors (Lipinski definition) is 1. The molecule has 0 aliphatic carbocycles. The molecule has 1 saturated heterocycles. The van der Waals surface area contributed by atoms with Gasteiger partial charge in [-0.25, -0.2) is 18.1 Å². The van der Waals surface area contributed by atoms with E-state index in [2.05, 4.69) is 10.1 Å². The summed E-state index contributed by atoms with van der Waals surface area (Å²) in [5, 5.41) is 4.40. The van der Waals surface area contributed by atoms with Crippen molar-refractivity contribution in [1.82, 2.24) is 14.8 Å². The van der Waals surface area contributed by atoms with Crippen LogP contribution in [0.25, 0.3) is 0 Å². The number of benzene rings is 1. The first-order valence-corrected chi connectivity index (χ1v) is 10.2. The Morgan fingerprint density at radius 3 is 2.72 bits per heavy atom. The molecule has 1 aromatic heterocycles. The molecule has 1 atom stereocenters. The number of aryl methyl sites for hydroxylation is 2. The van der Waals surface area contributed by atoms with Gasteiger partial charge in [0.2, 0.25) is 5.91 Å². The maximum atomic E-state index is 12.0. The number of rotatable bonds is 6. The zero-order chi connectivity index (χ0) is 17.9. The van der Waals surface area contributed by atoms with Crippen LogP contribution in [0.3, 0.4) is 0 Å². The highest BCUT2D eigenvalue weighted by Gasteiger charge is 2.30. The van der Waals surface area contributed by atoms with Crippen molar-refractivity contribution < 1.29 is 13.2 Å². The molecule has 2 N–H and O–H groups in total.